The molecule has 2 fully saturated rings. The highest BCUT2D eigenvalue weighted by molar-refractivity contribution is 5.89. The molecule has 53 heavy (non-hydrogen) atoms. The van der Waals surface area contributed by atoms with Crippen LogP contribution in [0.25, 0.3) is 28.4 Å². The zero-order valence-electron chi connectivity index (χ0n) is 27.2. The Labute approximate surface area is 297 Å². The molecular weight excluding hydrogens is 708 g/mol. The van der Waals surface area contributed by atoms with Gasteiger partial charge in [-0.25, -0.2) is 4.79 Å². The Hall–Kier alpha value is -5.44. The van der Waals surface area contributed by atoms with Crippen molar-refractivity contribution >= 4 is 23.0 Å². The molecule has 3 heterocycles. The highest BCUT2D eigenvalue weighted by Gasteiger charge is 2.49. The molecule has 0 radical (unpaired) electrons. The van der Waals surface area contributed by atoms with Crippen molar-refractivity contribution in [2.75, 3.05) is 13.2 Å². The van der Waals surface area contributed by atoms with E-state index in [-0.39, 0.29) is 16.9 Å². The lowest BCUT2D eigenvalue weighted by Gasteiger charge is -2.42. The Balaban J connectivity index is 1.37. The molecule has 4 aromatic rings. The van der Waals surface area contributed by atoms with E-state index in [1.807, 2.05) is 0 Å². The van der Waals surface area contributed by atoms with Crippen molar-refractivity contribution in [2.24, 2.45) is 0 Å². The number of hydrogen-bond donors (Lipinski definition) is 10. The first kappa shape index (κ1) is 37.3. The molecule has 0 spiro atoms. The summed E-state index contributed by atoms with van der Waals surface area (Å²) in [5.41, 5.74) is -1.03. The van der Waals surface area contributed by atoms with E-state index in [1.165, 1.54) is 36.4 Å². The van der Waals surface area contributed by atoms with Crippen LogP contribution in [0.5, 0.6) is 34.5 Å². The molecule has 3 aromatic carbocycles. The van der Waals surface area contributed by atoms with Crippen LogP contribution in [0.3, 0.4) is 0 Å². The molecule has 282 valence electrons. The largest absolute Gasteiger partial charge is 0.508 e. The molecule has 18 heteroatoms. The van der Waals surface area contributed by atoms with Crippen LogP contribution in [0.4, 0.5) is 0 Å². The smallest absolute Gasteiger partial charge is 0.331 e. The number of phenolic OH excluding ortho intramolecular Hbond substituents is 5. The van der Waals surface area contributed by atoms with Crippen molar-refractivity contribution in [1.82, 2.24) is 0 Å². The quantitative estimate of drug-likeness (QED) is 0.0608. The molecule has 0 aliphatic carbocycles. The number of aliphatic hydroxyl groups excluding tert-OH is 5. The predicted molar refractivity (Wildman–Crippen MR) is 177 cm³/mol. The SMILES string of the molecule is O=C(/C=C/c1ccc(O)cc1)O[C@H]1[C@H](Oc2c(-c3ccc(O)c(O)c3)oc3cc(O)cc(O)c3c2=O)O[C@H](CO[C@@H]2OC[C@H](O)[C@H](O)[C@H]2O)[C@@H](O)[C@@H]1O. The lowest BCUT2D eigenvalue weighted by molar-refractivity contribution is -0.308. The number of benzene rings is 3. The maximum absolute atomic E-state index is 14.0. The van der Waals surface area contributed by atoms with E-state index in [4.69, 9.17) is 28.1 Å². The molecule has 2 saturated heterocycles. The molecule has 0 amide bonds. The standard InChI is InChI=1S/C35H34O18/c36-16-5-1-14(2-6-16)3-8-24(42)52-33-29(46)27(44)23(13-49-34-30(47)26(43)21(41)12-48-34)51-35(33)53-32-28(45)25-20(40)10-17(37)11-22(25)50-31(32)15-4-7-18(38)19(39)9-15/h1-11,21,23,26-27,29-30,33-41,43-44,46-47H,12-13H2/b8-3+/t21-,23+,26-,27+,29-,30+,33+,34-,35-/m0/s1. The first-order valence-electron chi connectivity index (χ1n) is 15.9. The van der Waals surface area contributed by atoms with E-state index >= 15 is 0 Å². The molecule has 0 bridgehead atoms. The molecule has 2 aliphatic heterocycles. The fraction of sp³-hybridized carbons (Fsp3) is 0.314. The number of phenols is 5. The van der Waals surface area contributed by atoms with Gasteiger partial charge >= 0.3 is 5.97 Å². The fourth-order valence-electron chi connectivity index (χ4n) is 5.65. The lowest BCUT2D eigenvalue weighted by atomic mass is 9.98. The Morgan fingerprint density at radius 1 is 0.792 bits per heavy atom. The third-order valence-corrected chi connectivity index (χ3v) is 8.47. The predicted octanol–water partition coefficient (Wildman–Crippen LogP) is -0.106. The summed E-state index contributed by atoms with van der Waals surface area (Å²) in [5, 5.41) is 102. The average Bonchev–Trinajstić information content (AvgIpc) is 3.12. The Morgan fingerprint density at radius 2 is 1.53 bits per heavy atom. The van der Waals surface area contributed by atoms with E-state index in [9.17, 15) is 60.7 Å². The first-order valence-corrected chi connectivity index (χ1v) is 15.9. The minimum absolute atomic E-state index is 0.0248. The van der Waals surface area contributed by atoms with Gasteiger partial charge in [-0.05, 0) is 42.0 Å². The van der Waals surface area contributed by atoms with Crippen molar-refractivity contribution < 1.29 is 84.0 Å². The molecule has 2 aliphatic rings. The van der Waals surface area contributed by atoms with Crippen LogP contribution >= 0.6 is 0 Å². The Bertz CT molecular complexity index is 2040. The van der Waals surface area contributed by atoms with Crippen molar-refractivity contribution in [3.05, 3.63) is 76.5 Å². The van der Waals surface area contributed by atoms with Crippen LogP contribution in [0.1, 0.15) is 5.56 Å². The van der Waals surface area contributed by atoms with Gasteiger partial charge in [0.05, 0.1) is 13.2 Å². The number of carbonyl (C=O) groups is 1. The normalized spacial score (nSPS) is 27.5. The molecule has 1 aromatic heterocycles. The number of ether oxygens (including phenoxy) is 5. The van der Waals surface area contributed by atoms with Crippen LogP contribution in [-0.2, 0) is 23.7 Å². The number of rotatable bonds is 9. The van der Waals surface area contributed by atoms with Gasteiger partial charge in [0.15, 0.2) is 29.7 Å². The maximum atomic E-state index is 14.0. The Kier molecular flexibility index (Phi) is 10.8. The highest BCUT2D eigenvalue weighted by Crippen LogP contribution is 2.40. The van der Waals surface area contributed by atoms with Crippen LogP contribution in [0.2, 0.25) is 0 Å². The monoisotopic (exact) mass is 742 g/mol. The number of hydrogen-bond acceptors (Lipinski definition) is 18. The van der Waals surface area contributed by atoms with Crippen LogP contribution in [-0.4, -0.2) is 126 Å². The third kappa shape index (κ3) is 7.84. The summed E-state index contributed by atoms with van der Waals surface area (Å²) in [6.07, 6.45) is -13.4. The Morgan fingerprint density at radius 3 is 2.25 bits per heavy atom. The maximum Gasteiger partial charge on any atom is 0.331 e. The molecule has 9 atom stereocenters. The summed E-state index contributed by atoms with van der Waals surface area (Å²) >= 11 is 0. The zero-order valence-corrected chi connectivity index (χ0v) is 27.2. The van der Waals surface area contributed by atoms with Gasteiger partial charge in [0.25, 0.3) is 0 Å². The average molecular weight is 743 g/mol. The summed E-state index contributed by atoms with van der Waals surface area (Å²) in [7, 11) is 0. The molecule has 10 N–H and O–H groups in total. The van der Waals surface area contributed by atoms with Gasteiger partial charge in [-0.1, -0.05) is 12.1 Å². The van der Waals surface area contributed by atoms with Crippen molar-refractivity contribution in [2.45, 2.75) is 55.3 Å². The molecule has 18 nitrogen and oxygen atoms in total. The summed E-state index contributed by atoms with van der Waals surface area (Å²) in [5.74, 6) is -4.71. The van der Waals surface area contributed by atoms with Crippen LogP contribution < -0.4 is 10.2 Å². The van der Waals surface area contributed by atoms with E-state index in [1.54, 1.807) is 0 Å². The molecule has 0 saturated carbocycles. The van der Waals surface area contributed by atoms with Crippen molar-refractivity contribution in [3.63, 3.8) is 0 Å². The summed E-state index contributed by atoms with van der Waals surface area (Å²) < 4.78 is 33.8. The minimum atomic E-state index is -2.02. The summed E-state index contributed by atoms with van der Waals surface area (Å²) in [6, 6.07) is 10.9. The van der Waals surface area contributed by atoms with Crippen LogP contribution in [0.15, 0.2) is 69.9 Å². The number of aromatic hydroxyl groups is 5. The van der Waals surface area contributed by atoms with Gasteiger partial charge in [-0.3, -0.25) is 4.79 Å². The zero-order chi connectivity index (χ0) is 38.1. The number of aliphatic hydroxyl groups is 5. The number of carbonyl (C=O) groups excluding carboxylic acids is 1. The van der Waals surface area contributed by atoms with Crippen LogP contribution in [0, 0.1) is 0 Å². The molecular formula is C35H34O18. The van der Waals surface area contributed by atoms with E-state index < -0.39 is 120 Å². The molecule has 0 unspecified atom stereocenters. The van der Waals surface area contributed by atoms with E-state index in [2.05, 4.69) is 0 Å². The lowest BCUT2D eigenvalue weighted by Crippen LogP contribution is -2.62. The van der Waals surface area contributed by atoms with E-state index in [0.29, 0.717) is 5.56 Å². The van der Waals surface area contributed by atoms with Crippen molar-refractivity contribution in [3.8, 4) is 45.8 Å². The van der Waals surface area contributed by atoms with Gasteiger partial charge in [-0.2, -0.15) is 0 Å². The second-order valence-electron chi connectivity index (χ2n) is 12.2. The van der Waals surface area contributed by atoms with Gasteiger partial charge in [0.1, 0.15) is 64.8 Å². The fourth-order valence-corrected chi connectivity index (χ4v) is 5.65. The second kappa shape index (κ2) is 15.3. The summed E-state index contributed by atoms with van der Waals surface area (Å²) in [4.78, 5) is 27.0. The van der Waals surface area contributed by atoms with Gasteiger partial charge < -0.3 is 79.2 Å². The molecule has 6 rings (SSSR count). The van der Waals surface area contributed by atoms with E-state index in [0.717, 1.165) is 30.3 Å². The number of esters is 1. The topological polar surface area (TPSA) is 296 Å². The minimum Gasteiger partial charge on any atom is -0.508 e. The third-order valence-electron chi connectivity index (χ3n) is 8.47. The first-order chi connectivity index (χ1) is 25.2. The van der Waals surface area contributed by atoms with Gasteiger partial charge in [-0.15, -0.1) is 0 Å². The highest BCUT2D eigenvalue weighted by atomic mass is 16.7. The van der Waals surface area contributed by atoms with Gasteiger partial charge in [0.2, 0.25) is 17.5 Å². The second-order valence-corrected chi connectivity index (χ2v) is 12.2. The number of fused-ring (bicyclic) bond motifs is 1. The van der Waals surface area contributed by atoms with Crippen molar-refractivity contribution in [1.29, 1.82) is 0 Å². The van der Waals surface area contributed by atoms with Gasteiger partial charge in [0, 0.05) is 23.8 Å². The summed E-state index contributed by atoms with van der Waals surface area (Å²) in [6.45, 7) is -1.09.